The van der Waals surface area contributed by atoms with E-state index in [1.165, 1.54) is 16.8 Å². The molecule has 1 aliphatic carbocycles. The highest BCUT2D eigenvalue weighted by atomic mass is 16.6. The Kier molecular flexibility index (Phi) is 4.76. The van der Waals surface area contributed by atoms with Crippen LogP contribution in [0.15, 0.2) is 34.7 Å². The summed E-state index contributed by atoms with van der Waals surface area (Å²) < 4.78 is 7.32. The van der Waals surface area contributed by atoms with Gasteiger partial charge in [-0.2, -0.15) is 5.10 Å². The number of nitro groups is 1. The number of Topliss-reactive ketones (excluding diaryl/α,β-unsaturated/α-hetero) is 1. The predicted molar refractivity (Wildman–Crippen MR) is 113 cm³/mol. The first-order valence-corrected chi connectivity index (χ1v) is 9.84. The number of benzene rings is 1. The lowest BCUT2D eigenvalue weighted by atomic mass is 9.76. The number of nitro benzene ring substituents is 1. The van der Waals surface area contributed by atoms with Gasteiger partial charge in [-0.15, -0.1) is 0 Å². The first kappa shape index (κ1) is 20.5. The molecule has 3 aromatic rings. The molecule has 0 spiro atoms. The van der Waals surface area contributed by atoms with Crippen molar-refractivity contribution in [1.29, 1.82) is 0 Å². The third kappa shape index (κ3) is 3.74. The maximum atomic E-state index is 13.0. The number of carbonyl (C=O) groups excluding carboxylic acids is 2. The number of amides is 1. The quantitative estimate of drug-likeness (QED) is 0.491. The fourth-order valence-electron chi connectivity index (χ4n) is 3.97. The van der Waals surface area contributed by atoms with Gasteiger partial charge in [-0.3, -0.25) is 19.7 Å². The Morgan fingerprint density at radius 2 is 1.90 bits per heavy atom. The zero-order chi connectivity index (χ0) is 22.5. The number of rotatable bonds is 4. The second kappa shape index (κ2) is 7.19. The largest absolute Gasteiger partial charge is 0.455 e. The lowest BCUT2D eigenvalue weighted by Gasteiger charge is -2.27. The lowest BCUT2D eigenvalue weighted by Crippen LogP contribution is -2.26. The molecule has 0 saturated heterocycles. The Bertz CT molecular complexity index is 1220. The molecule has 1 amide bonds. The van der Waals surface area contributed by atoms with E-state index in [0.29, 0.717) is 46.9 Å². The molecule has 2 heterocycles. The maximum Gasteiger partial charge on any atom is 0.292 e. The van der Waals surface area contributed by atoms with Crippen LogP contribution in [0.5, 0.6) is 0 Å². The van der Waals surface area contributed by atoms with Gasteiger partial charge < -0.3 is 9.73 Å². The molecule has 2 aromatic heterocycles. The smallest absolute Gasteiger partial charge is 0.292 e. The number of hydrogen-bond donors (Lipinski definition) is 1. The summed E-state index contributed by atoms with van der Waals surface area (Å²) in [6.07, 6.45) is 0.996. The van der Waals surface area contributed by atoms with Crippen LogP contribution in [0.1, 0.15) is 58.2 Å². The van der Waals surface area contributed by atoms with Gasteiger partial charge in [-0.25, -0.2) is 4.68 Å². The van der Waals surface area contributed by atoms with Crippen LogP contribution in [0.25, 0.3) is 5.69 Å². The van der Waals surface area contributed by atoms with Crippen molar-refractivity contribution in [3.63, 3.8) is 0 Å². The Balaban J connectivity index is 1.65. The van der Waals surface area contributed by atoms with Crippen LogP contribution in [0.3, 0.4) is 0 Å². The summed E-state index contributed by atoms with van der Waals surface area (Å²) >= 11 is 0. The fourth-order valence-corrected chi connectivity index (χ4v) is 3.97. The number of carbonyl (C=O) groups is 2. The molecule has 0 saturated carbocycles. The Morgan fingerprint density at radius 3 is 2.55 bits per heavy atom. The third-order valence-electron chi connectivity index (χ3n) is 5.36. The van der Waals surface area contributed by atoms with Crippen molar-refractivity contribution in [2.24, 2.45) is 5.41 Å². The average Bonchev–Trinajstić information content (AvgIpc) is 3.20. The number of fused-ring (bicyclic) bond motifs is 1. The molecule has 0 fully saturated rings. The van der Waals surface area contributed by atoms with Crippen molar-refractivity contribution in [3.05, 3.63) is 68.8 Å². The van der Waals surface area contributed by atoms with Crippen molar-refractivity contribution in [2.75, 3.05) is 5.32 Å². The molecule has 9 heteroatoms. The molecule has 9 nitrogen and oxygen atoms in total. The summed E-state index contributed by atoms with van der Waals surface area (Å²) in [6.45, 7) is 7.48. The van der Waals surface area contributed by atoms with Crippen LogP contribution in [-0.2, 0) is 6.42 Å². The summed E-state index contributed by atoms with van der Waals surface area (Å²) in [6, 6.07) is 7.54. The third-order valence-corrected chi connectivity index (χ3v) is 5.36. The molecule has 4 rings (SSSR count). The normalized spacial score (nSPS) is 14.9. The zero-order valence-electron chi connectivity index (χ0n) is 17.7. The van der Waals surface area contributed by atoms with Crippen LogP contribution in [0.4, 0.5) is 11.5 Å². The number of anilines is 1. The number of furan rings is 1. The number of nitrogens with one attached hydrogen (secondary N) is 1. The second-order valence-electron chi connectivity index (χ2n) is 8.61. The number of ketones is 1. The van der Waals surface area contributed by atoms with E-state index < -0.39 is 10.8 Å². The number of aromatic nitrogens is 2. The highest BCUT2D eigenvalue weighted by Gasteiger charge is 2.37. The van der Waals surface area contributed by atoms with E-state index in [0.717, 1.165) is 0 Å². The summed E-state index contributed by atoms with van der Waals surface area (Å²) in [5.41, 5.74) is 1.99. The van der Waals surface area contributed by atoms with E-state index in [4.69, 9.17) is 4.42 Å². The Labute approximate surface area is 178 Å². The van der Waals surface area contributed by atoms with Crippen molar-refractivity contribution in [3.8, 4) is 5.69 Å². The molecule has 0 radical (unpaired) electrons. The van der Waals surface area contributed by atoms with E-state index in [1.807, 2.05) is 13.8 Å². The van der Waals surface area contributed by atoms with Crippen LogP contribution in [0, 0.1) is 29.4 Å². The van der Waals surface area contributed by atoms with E-state index in [-0.39, 0.29) is 22.6 Å². The van der Waals surface area contributed by atoms with Crippen LogP contribution in [0.2, 0.25) is 0 Å². The second-order valence-corrected chi connectivity index (χ2v) is 8.61. The average molecular weight is 422 g/mol. The van der Waals surface area contributed by atoms with Gasteiger partial charge in [-0.1, -0.05) is 13.8 Å². The van der Waals surface area contributed by atoms with Gasteiger partial charge in [0.15, 0.2) is 11.5 Å². The maximum absolute atomic E-state index is 13.0. The molecular formula is C22H22N4O5. The van der Waals surface area contributed by atoms with E-state index in [9.17, 15) is 19.7 Å². The Morgan fingerprint density at radius 1 is 1.23 bits per heavy atom. The van der Waals surface area contributed by atoms with Crippen molar-refractivity contribution < 1.29 is 18.9 Å². The van der Waals surface area contributed by atoms with Gasteiger partial charge in [0.05, 0.1) is 21.9 Å². The van der Waals surface area contributed by atoms with E-state index >= 15 is 0 Å². The van der Waals surface area contributed by atoms with Gasteiger partial charge in [0, 0.05) is 36.6 Å². The molecular weight excluding hydrogens is 400 g/mol. The van der Waals surface area contributed by atoms with E-state index in [1.54, 1.807) is 32.0 Å². The molecule has 0 atom stereocenters. The molecule has 0 unspecified atom stereocenters. The van der Waals surface area contributed by atoms with Gasteiger partial charge >= 0.3 is 0 Å². The Hall–Kier alpha value is -3.75. The highest BCUT2D eigenvalue weighted by Crippen LogP contribution is 2.38. The number of hydrogen-bond acceptors (Lipinski definition) is 6. The number of nitrogens with zero attached hydrogens (tertiary/aromatic N) is 3. The minimum absolute atomic E-state index is 0.0154. The van der Waals surface area contributed by atoms with Crippen molar-refractivity contribution >= 4 is 23.2 Å². The predicted octanol–water partition coefficient (Wildman–Crippen LogP) is 4.40. The molecule has 31 heavy (non-hydrogen) atoms. The minimum atomic E-state index is -0.486. The molecule has 1 aliphatic rings. The topological polar surface area (TPSA) is 120 Å². The van der Waals surface area contributed by atoms with Crippen molar-refractivity contribution in [2.45, 2.75) is 40.5 Å². The van der Waals surface area contributed by atoms with Gasteiger partial charge in [0.2, 0.25) is 0 Å². The van der Waals surface area contributed by atoms with Gasteiger partial charge in [-0.05, 0) is 31.4 Å². The summed E-state index contributed by atoms with van der Waals surface area (Å²) in [5, 5.41) is 18.1. The first-order chi connectivity index (χ1) is 14.6. The lowest BCUT2D eigenvalue weighted by molar-refractivity contribution is -0.384. The van der Waals surface area contributed by atoms with Crippen LogP contribution in [-0.4, -0.2) is 26.4 Å². The monoisotopic (exact) mass is 422 g/mol. The number of aryl methyl sites for hydroxylation is 1. The summed E-state index contributed by atoms with van der Waals surface area (Å²) in [7, 11) is 0. The zero-order valence-corrected chi connectivity index (χ0v) is 17.7. The highest BCUT2D eigenvalue weighted by molar-refractivity contribution is 6.07. The van der Waals surface area contributed by atoms with Gasteiger partial charge in [0.1, 0.15) is 11.6 Å². The van der Waals surface area contributed by atoms with E-state index in [2.05, 4.69) is 10.4 Å². The molecule has 1 aromatic carbocycles. The van der Waals surface area contributed by atoms with Gasteiger partial charge in [0.25, 0.3) is 11.6 Å². The standard InChI is InChI=1S/C22H22N4O5/c1-12-9-18(25(24-12)14-5-7-15(8-6-14)26(29)30)23-21(28)20-13(2)19-16(27)10-22(3,4)11-17(19)31-20/h5-9H,10-11H2,1-4H3,(H,23,28). The fraction of sp³-hybridized carbons (Fsp3) is 0.318. The molecule has 0 aliphatic heterocycles. The summed E-state index contributed by atoms with van der Waals surface area (Å²) in [5.74, 6) is 0.532. The molecule has 0 bridgehead atoms. The van der Waals surface area contributed by atoms with Crippen LogP contribution < -0.4 is 5.32 Å². The minimum Gasteiger partial charge on any atom is -0.455 e. The molecule has 160 valence electrons. The van der Waals surface area contributed by atoms with Crippen molar-refractivity contribution in [1.82, 2.24) is 9.78 Å². The summed E-state index contributed by atoms with van der Waals surface area (Å²) in [4.78, 5) is 36.0. The molecule has 1 N–H and O–H groups in total. The SMILES string of the molecule is Cc1cc(NC(=O)c2oc3c(c2C)C(=O)CC(C)(C)C3)n(-c2ccc([N+](=O)[O-])cc2)n1. The number of non-ortho nitro benzene ring substituents is 1. The first-order valence-electron chi connectivity index (χ1n) is 9.84. The van der Waals surface area contributed by atoms with Crippen LogP contribution >= 0.6 is 0 Å².